The normalized spacial score (nSPS) is 17.1. The summed E-state index contributed by atoms with van der Waals surface area (Å²) in [5.74, 6) is -0.945. The number of hydrogen-bond acceptors (Lipinski definition) is 3. The van der Waals surface area contributed by atoms with E-state index in [0.29, 0.717) is 18.7 Å². The third kappa shape index (κ3) is 4.98. The second-order valence-electron chi connectivity index (χ2n) is 5.58. The van der Waals surface area contributed by atoms with Crippen molar-refractivity contribution < 1.29 is 22.5 Å². The molecule has 1 heterocycles. The lowest BCUT2D eigenvalue weighted by Crippen LogP contribution is -3.14. The van der Waals surface area contributed by atoms with Crippen LogP contribution in [0.5, 0.6) is 0 Å². The maximum atomic E-state index is 12.8. The van der Waals surface area contributed by atoms with Crippen LogP contribution >= 0.6 is 0 Å². The number of quaternary nitrogens is 1. The Kier molecular flexibility index (Phi) is 6.09. The van der Waals surface area contributed by atoms with Crippen LogP contribution in [-0.2, 0) is 10.0 Å². The van der Waals surface area contributed by atoms with E-state index >= 15 is 0 Å². The Labute approximate surface area is 136 Å². The highest BCUT2D eigenvalue weighted by molar-refractivity contribution is 7.89. The minimum absolute atomic E-state index is 0.0411. The Morgan fingerprint density at radius 2 is 1.87 bits per heavy atom. The summed E-state index contributed by atoms with van der Waals surface area (Å²) in [4.78, 5) is 13.3. The van der Waals surface area contributed by atoms with Crippen molar-refractivity contribution in [3.8, 4) is 0 Å². The number of benzene rings is 1. The van der Waals surface area contributed by atoms with Crippen LogP contribution in [0.4, 0.5) is 4.39 Å². The van der Waals surface area contributed by atoms with Gasteiger partial charge in [0.2, 0.25) is 10.0 Å². The third-order valence-electron chi connectivity index (χ3n) is 4.07. The van der Waals surface area contributed by atoms with E-state index in [4.69, 9.17) is 0 Å². The predicted molar refractivity (Wildman–Crippen MR) is 85.3 cm³/mol. The van der Waals surface area contributed by atoms with Crippen molar-refractivity contribution in [2.45, 2.75) is 6.92 Å². The van der Waals surface area contributed by atoms with Gasteiger partial charge in [0, 0.05) is 12.1 Å². The number of likely N-dealkylation sites (N-methyl/N-ethyl adjacent to an activating group) is 1. The Morgan fingerprint density at radius 3 is 2.43 bits per heavy atom. The average Bonchev–Trinajstić information content (AvgIpc) is 2.55. The predicted octanol–water partition coefficient (Wildman–Crippen LogP) is -0.894. The van der Waals surface area contributed by atoms with Crippen LogP contribution in [0.2, 0.25) is 0 Å². The van der Waals surface area contributed by atoms with Crippen molar-refractivity contribution in [2.24, 2.45) is 0 Å². The molecule has 6 nitrogen and oxygen atoms in total. The zero-order valence-electron chi connectivity index (χ0n) is 13.2. The summed E-state index contributed by atoms with van der Waals surface area (Å²) in [5, 5.41) is 2.56. The minimum atomic E-state index is -3.35. The van der Waals surface area contributed by atoms with E-state index in [1.165, 1.54) is 33.5 Å². The molecule has 2 N–H and O–H groups in total. The first-order valence-corrected chi connectivity index (χ1v) is 9.38. The molecule has 0 unspecified atom stereocenters. The number of hydrogen-bond donors (Lipinski definition) is 2. The molecule has 0 spiro atoms. The molecule has 1 saturated heterocycles. The molecule has 1 amide bonds. The molecule has 8 heteroatoms. The van der Waals surface area contributed by atoms with Gasteiger partial charge in [0.15, 0.2) is 0 Å². The average molecular weight is 344 g/mol. The van der Waals surface area contributed by atoms with Crippen LogP contribution < -0.4 is 10.2 Å². The summed E-state index contributed by atoms with van der Waals surface area (Å²) in [6.45, 7) is 5.82. The smallest absolute Gasteiger partial charge is 0.251 e. The fourth-order valence-corrected chi connectivity index (χ4v) is 3.92. The molecule has 23 heavy (non-hydrogen) atoms. The molecule has 1 aliphatic rings. The molecule has 1 aromatic rings. The molecule has 0 radical (unpaired) electrons. The van der Waals surface area contributed by atoms with Crippen LogP contribution in [0.3, 0.4) is 0 Å². The zero-order valence-corrected chi connectivity index (χ0v) is 14.0. The molecular weight excluding hydrogens is 321 g/mol. The van der Waals surface area contributed by atoms with Gasteiger partial charge in [-0.05, 0) is 31.2 Å². The first-order chi connectivity index (χ1) is 10.9. The highest BCUT2D eigenvalue weighted by Crippen LogP contribution is 2.04. The fourth-order valence-electron chi connectivity index (χ4n) is 2.56. The molecule has 0 atom stereocenters. The van der Waals surface area contributed by atoms with Gasteiger partial charge in [-0.15, -0.1) is 0 Å². The molecule has 0 aromatic heterocycles. The maximum absolute atomic E-state index is 12.8. The Hall–Kier alpha value is -1.51. The van der Waals surface area contributed by atoms with Gasteiger partial charge in [-0.2, -0.15) is 4.31 Å². The monoisotopic (exact) mass is 344 g/mol. The van der Waals surface area contributed by atoms with Crippen molar-refractivity contribution in [1.29, 1.82) is 0 Å². The van der Waals surface area contributed by atoms with E-state index in [0.717, 1.165) is 19.6 Å². The third-order valence-corrected chi connectivity index (χ3v) is 5.95. The van der Waals surface area contributed by atoms with E-state index in [9.17, 15) is 17.6 Å². The van der Waals surface area contributed by atoms with Crippen LogP contribution in [-0.4, -0.2) is 63.7 Å². The summed E-state index contributed by atoms with van der Waals surface area (Å²) in [7, 11) is -3.35. The summed E-state index contributed by atoms with van der Waals surface area (Å²) < 4.78 is 38.8. The van der Waals surface area contributed by atoms with Gasteiger partial charge in [0.1, 0.15) is 5.82 Å². The first kappa shape index (κ1) is 17.8. The Morgan fingerprint density at radius 1 is 1.26 bits per heavy atom. The standard InChI is InChI=1S/C15H22FN3O3S/c1-2-18-8-10-19(11-9-18)23(21,22)12-7-17-15(20)13-3-5-14(16)6-4-13/h3-6H,2,7-12H2,1H3,(H,17,20)/p+1. The molecule has 0 saturated carbocycles. The molecular formula is C15H23FN3O3S+. The van der Waals surface area contributed by atoms with Gasteiger partial charge < -0.3 is 10.2 Å². The summed E-state index contributed by atoms with van der Waals surface area (Å²) in [5.41, 5.74) is 0.309. The second-order valence-corrected chi connectivity index (χ2v) is 7.67. The van der Waals surface area contributed by atoms with E-state index in [1.54, 1.807) is 0 Å². The molecule has 1 fully saturated rings. The number of carbonyl (C=O) groups excluding carboxylic acids is 1. The van der Waals surface area contributed by atoms with Crippen molar-refractivity contribution in [3.05, 3.63) is 35.6 Å². The molecule has 2 rings (SSSR count). The molecule has 128 valence electrons. The Balaban J connectivity index is 1.80. The molecule has 1 aromatic carbocycles. The number of nitrogens with zero attached hydrogens (tertiary/aromatic N) is 1. The van der Waals surface area contributed by atoms with Crippen molar-refractivity contribution in [1.82, 2.24) is 9.62 Å². The SMILES string of the molecule is CC[NH+]1CCN(S(=O)(=O)CCNC(=O)c2ccc(F)cc2)CC1. The number of halogens is 1. The highest BCUT2D eigenvalue weighted by Gasteiger charge is 2.28. The number of piperazine rings is 1. The van der Waals surface area contributed by atoms with Gasteiger partial charge in [-0.1, -0.05) is 0 Å². The van der Waals surface area contributed by atoms with E-state index in [2.05, 4.69) is 12.2 Å². The summed E-state index contributed by atoms with van der Waals surface area (Å²) in [6, 6.07) is 5.13. The van der Waals surface area contributed by atoms with Crippen molar-refractivity contribution in [2.75, 3.05) is 45.0 Å². The molecule has 1 aliphatic heterocycles. The topological polar surface area (TPSA) is 70.9 Å². The fraction of sp³-hybridized carbons (Fsp3) is 0.533. The van der Waals surface area contributed by atoms with Gasteiger partial charge >= 0.3 is 0 Å². The van der Waals surface area contributed by atoms with Gasteiger partial charge in [0.25, 0.3) is 5.91 Å². The first-order valence-electron chi connectivity index (χ1n) is 7.77. The maximum Gasteiger partial charge on any atom is 0.251 e. The van der Waals surface area contributed by atoms with E-state index in [-0.39, 0.29) is 12.3 Å². The van der Waals surface area contributed by atoms with Gasteiger partial charge in [-0.25, -0.2) is 12.8 Å². The molecule has 0 aliphatic carbocycles. The van der Waals surface area contributed by atoms with Crippen LogP contribution in [0, 0.1) is 5.82 Å². The number of nitrogens with one attached hydrogen (secondary N) is 2. The van der Waals surface area contributed by atoms with Gasteiger partial charge in [0.05, 0.1) is 38.5 Å². The van der Waals surface area contributed by atoms with Gasteiger partial charge in [-0.3, -0.25) is 4.79 Å². The zero-order chi connectivity index (χ0) is 16.9. The number of amides is 1. The number of sulfonamides is 1. The lowest BCUT2D eigenvalue weighted by Gasteiger charge is -2.30. The largest absolute Gasteiger partial charge is 0.351 e. The lowest BCUT2D eigenvalue weighted by molar-refractivity contribution is -0.901. The quantitative estimate of drug-likeness (QED) is 0.703. The highest BCUT2D eigenvalue weighted by atomic mass is 32.2. The second kappa shape index (κ2) is 7.85. The van der Waals surface area contributed by atoms with Crippen LogP contribution in [0.1, 0.15) is 17.3 Å². The van der Waals surface area contributed by atoms with Crippen molar-refractivity contribution >= 4 is 15.9 Å². The molecule has 0 bridgehead atoms. The Bertz CT molecular complexity index is 626. The minimum Gasteiger partial charge on any atom is -0.351 e. The van der Waals surface area contributed by atoms with Crippen LogP contribution in [0.15, 0.2) is 24.3 Å². The number of carbonyl (C=O) groups is 1. The summed E-state index contributed by atoms with van der Waals surface area (Å²) in [6.07, 6.45) is 0. The lowest BCUT2D eigenvalue weighted by atomic mass is 10.2. The van der Waals surface area contributed by atoms with Crippen LogP contribution in [0.25, 0.3) is 0 Å². The number of rotatable bonds is 6. The van der Waals surface area contributed by atoms with E-state index < -0.39 is 21.7 Å². The summed E-state index contributed by atoms with van der Waals surface area (Å²) >= 11 is 0. The van der Waals surface area contributed by atoms with Crippen molar-refractivity contribution in [3.63, 3.8) is 0 Å². The van der Waals surface area contributed by atoms with E-state index in [1.807, 2.05) is 0 Å².